The third-order valence-electron chi connectivity index (χ3n) is 3.87. The van der Waals surface area contributed by atoms with E-state index in [0.717, 1.165) is 4.90 Å². The maximum atomic E-state index is 11.7. The van der Waals surface area contributed by atoms with Gasteiger partial charge in [0.1, 0.15) is 5.60 Å². The first-order valence-electron chi connectivity index (χ1n) is 10.4. The first-order valence-corrected chi connectivity index (χ1v) is 10.4. The van der Waals surface area contributed by atoms with E-state index < -0.39 is 5.60 Å². The number of hydrogen-bond donors (Lipinski definition) is 1. The molecule has 3 amide bonds. The fourth-order valence-electron chi connectivity index (χ4n) is 2.49. The molecule has 0 aromatic rings. The molecule has 176 valence electrons. The molecule has 0 bridgehead atoms. The molecular formula is C21H34N2O8. The smallest absolute Gasteiger partial charge is 0.308 e. The molecule has 1 heterocycles. The van der Waals surface area contributed by atoms with Crippen LogP contribution in [0.2, 0.25) is 0 Å². The van der Waals surface area contributed by atoms with Crippen molar-refractivity contribution in [2.45, 2.75) is 45.6 Å². The number of amides is 3. The average Bonchev–Trinajstić information content (AvgIpc) is 2.99. The van der Waals surface area contributed by atoms with E-state index in [1.54, 1.807) is 0 Å². The molecule has 0 saturated heterocycles. The number of nitrogens with one attached hydrogen (secondary N) is 1. The van der Waals surface area contributed by atoms with Gasteiger partial charge in [0.15, 0.2) is 0 Å². The Morgan fingerprint density at radius 2 is 1.42 bits per heavy atom. The van der Waals surface area contributed by atoms with Crippen LogP contribution in [0, 0.1) is 0 Å². The van der Waals surface area contributed by atoms with E-state index >= 15 is 0 Å². The van der Waals surface area contributed by atoms with Gasteiger partial charge in [0.2, 0.25) is 5.91 Å². The Morgan fingerprint density at radius 1 is 0.871 bits per heavy atom. The third kappa shape index (κ3) is 13.6. The van der Waals surface area contributed by atoms with E-state index in [4.69, 9.17) is 18.9 Å². The van der Waals surface area contributed by atoms with E-state index in [0.29, 0.717) is 46.0 Å². The zero-order chi connectivity index (χ0) is 23.1. The number of carbonyl (C=O) groups is 4. The first kappa shape index (κ1) is 26.7. The van der Waals surface area contributed by atoms with Gasteiger partial charge in [-0.3, -0.25) is 24.1 Å². The molecule has 10 nitrogen and oxygen atoms in total. The minimum Gasteiger partial charge on any atom is -0.460 e. The van der Waals surface area contributed by atoms with Gasteiger partial charge >= 0.3 is 5.97 Å². The normalized spacial score (nSPS) is 13.7. The second-order valence-electron chi connectivity index (χ2n) is 7.79. The zero-order valence-corrected chi connectivity index (χ0v) is 18.6. The Hall–Kier alpha value is -2.30. The van der Waals surface area contributed by atoms with Crippen LogP contribution in [0.25, 0.3) is 0 Å². The Kier molecular flexibility index (Phi) is 12.6. The largest absolute Gasteiger partial charge is 0.460 e. The van der Waals surface area contributed by atoms with Gasteiger partial charge in [-0.1, -0.05) is 0 Å². The van der Waals surface area contributed by atoms with Gasteiger partial charge in [0.25, 0.3) is 11.8 Å². The summed E-state index contributed by atoms with van der Waals surface area (Å²) in [4.78, 5) is 47.1. The van der Waals surface area contributed by atoms with Gasteiger partial charge in [0, 0.05) is 31.7 Å². The average molecular weight is 443 g/mol. The molecule has 0 aromatic heterocycles. The van der Waals surface area contributed by atoms with Gasteiger partial charge in [0.05, 0.1) is 46.1 Å². The Balaban J connectivity index is 1.84. The maximum absolute atomic E-state index is 11.7. The Morgan fingerprint density at radius 3 is 2.00 bits per heavy atom. The highest BCUT2D eigenvalue weighted by molar-refractivity contribution is 6.12. The summed E-state index contributed by atoms with van der Waals surface area (Å²) in [7, 11) is 0. The van der Waals surface area contributed by atoms with E-state index in [9.17, 15) is 19.2 Å². The van der Waals surface area contributed by atoms with Crippen molar-refractivity contribution in [3.05, 3.63) is 12.2 Å². The summed E-state index contributed by atoms with van der Waals surface area (Å²) in [5.41, 5.74) is -0.489. The van der Waals surface area contributed by atoms with Crippen LogP contribution in [0.1, 0.15) is 40.0 Å². The molecule has 0 saturated carbocycles. The molecule has 1 aliphatic rings. The van der Waals surface area contributed by atoms with Gasteiger partial charge in [-0.2, -0.15) is 0 Å². The summed E-state index contributed by atoms with van der Waals surface area (Å²) in [6, 6.07) is 0. The van der Waals surface area contributed by atoms with Crippen molar-refractivity contribution in [2.75, 3.05) is 52.7 Å². The number of rotatable bonds is 16. The van der Waals surface area contributed by atoms with Crippen LogP contribution in [0.4, 0.5) is 0 Å². The van der Waals surface area contributed by atoms with Gasteiger partial charge < -0.3 is 24.3 Å². The summed E-state index contributed by atoms with van der Waals surface area (Å²) in [6.07, 6.45) is 3.30. The van der Waals surface area contributed by atoms with Crippen molar-refractivity contribution < 1.29 is 38.1 Å². The molecule has 0 unspecified atom stereocenters. The quantitative estimate of drug-likeness (QED) is 0.209. The maximum Gasteiger partial charge on any atom is 0.308 e. The molecule has 1 aliphatic heterocycles. The number of imide groups is 1. The molecular weight excluding hydrogens is 408 g/mol. The molecule has 0 aromatic carbocycles. The van der Waals surface area contributed by atoms with E-state index in [1.807, 2.05) is 20.8 Å². The van der Waals surface area contributed by atoms with Crippen LogP contribution in [-0.4, -0.2) is 86.9 Å². The highest BCUT2D eigenvalue weighted by atomic mass is 16.6. The molecule has 0 spiro atoms. The summed E-state index contributed by atoms with van der Waals surface area (Å²) in [6.45, 7) is 8.26. The van der Waals surface area contributed by atoms with Crippen LogP contribution < -0.4 is 5.32 Å². The highest BCUT2D eigenvalue weighted by Crippen LogP contribution is 2.08. The standard InChI is InChI=1S/C21H34N2O8/c1-21(2,3)31-20(27)8-11-28-13-15-30-16-14-29-12-9-22-17(24)5-4-10-23-18(25)6-7-19(23)26/h6-7H,4-5,8-16H2,1-3H3,(H,22,24). The van der Waals surface area contributed by atoms with Gasteiger partial charge in [-0.05, 0) is 27.2 Å². The lowest BCUT2D eigenvalue weighted by Crippen LogP contribution is -2.32. The van der Waals surface area contributed by atoms with E-state index in [-0.39, 0.29) is 49.7 Å². The lowest BCUT2D eigenvalue weighted by atomic mass is 10.2. The molecule has 1 N–H and O–H groups in total. The summed E-state index contributed by atoms with van der Waals surface area (Å²) in [5.74, 6) is -1.12. The van der Waals surface area contributed by atoms with Gasteiger partial charge in [-0.15, -0.1) is 0 Å². The summed E-state index contributed by atoms with van der Waals surface area (Å²) in [5, 5.41) is 2.71. The zero-order valence-electron chi connectivity index (χ0n) is 18.6. The molecule has 0 aliphatic carbocycles. The number of nitrogens with zero attached hydrogens (tertiary/aromatic N) is 1. The van der Waals surface area contributed by atoms with Crippen molar-refractivity contribution in [3.63, 3.8) is 0 Å². The van der Waals surface area contributed by atoms with Crippen molar-refractivity contribution in [3.8, 4) is 0 Å². The topological polar surface area (TPSA) is 120 Å². The Labute approximate surface area is 183 Å². The van der Waals surface area contributed by atoms with Gasteiger partial charge in [-0.25, -0.2) is 0 Å². The summed E-state index contributed by atoms with van der Waals surface area (Å²) >= 11 is 0. The van der Waals surface area contributed by atoms with Crippen LogP contribution in [0.15, 0.2) is 12.2 Å². The van der Waals surface area contributed by atoms with Crippen molar-refractivity contribution in [1.29, 1.82) is 0 Å². The van der Waals surface area contributed by atoms with Crippen molar-refractivity contribution >= 4 is 23.7 Å². The minimum absolute atomic E-state index is 0.157. The summed E-state index contributed by atoms with van der Waals surface area (Å²) < 4.78 is 21.2. The lowest BCUT2D eigenvalue weighted by molar-refractivity contribution is -0.156. The van der Waals surface area contributed by atoms with Crippen LogP contribution >= 0.6 is 0 Å². The minimum atomic E-state index is -0.489. The van der Waals surface area contributed by atoms with Crippen LogP contribution in [-0.2, 0) is 38.1 Å². The number of hydrogen-bond acceptors (Lipinski definition) is 8. The molecule has 10 heteroatoms. The molecule has 0 radical (unpaired) electrons. The fourth-order valence-corrected chi connectivity index (χ4v) is 2.49. The van der Waals surface area contributed by atoms with Crippen LogP contribution in [0.5, 0.6) is 0 Å². The second-order valence-corrected chi connectivity index (χ2v) is 7.79. The second kappa shape index (κ2) is 14.7. The number of ether oxygens (including phenoxy) is 4. The van der Waals surface area contributed by atoms with E-state index in [2.05, 4.69) is 5.32 Å². The van der Waals surface area contributed by atoms with E-state index in [1.165, 1.54) is 12.2 Å². The van der Waals surface area contributed by atoms with Crippen molar-refractivity contribution in [2.24, 2.45) is 0 Å². The highest BCUT2D eigenvalue weighted by Gasteiger charge is 2.22. The predicted molar refractivity (Wildman–Crippen MR) is 111 cm³/mol. The molecule has 31 heavy (non-hydrogen) atoms. The third-order valence-corrected chi connectivity index (χ3v) is 3.87. The number of carbonyl (C=O) groups excluding carboxylic acids is 4. The number of esters is 1. The first-order chi connectivity index (χ1) is 14.7. The van der Waals surface area contributed by atoms with Crippen LogP contribution in [0.3, 0.4) is 0 Å². The SMILES string of the molecule is CC(C)(C)OC(=O)CCOCCOCCOCCNC(=O)CCCN1C(=O)C=CC1=O. The lowest BCUT2D eigenvalue weighted by Gasteiger charge is -2.19. The molecule has 1 rings (SSSR count). The van der Waals surface area contributed by atoms with Crippen molar-refractivity contribution in [1.82, 2.24) is 10.2 Å². The molecule has 0 atom stereocenters. The molecule has 0 fully saturated rings. The fraction of sp³-hybridized carbons (Fsp3) is 0.714. The Bertz CT molecular complexity index is 609. The monoisotopic (exact) mass is 442 g/mol. The predicted octanol–water partition coefficient (Wildman–Crippen LogP) is 0.589.